The van der Waals surface area contributed by atoms with E-state index in [4.69, 9.17) is 9.47 Å². The average Bonchev–Trinajstić information content (AvgIpc) is 3.30. The third-order valence-corrected chi connectivity index (χ3v) is 8.38. The number of nitrogens with one attached hydrogen (secondary N) is 2. The first-order chi connectivity index (χ1) is 15.3. The van der Waals surface area contributed by atoms with Gasteiger partial charge in [0.05, 0.1) is 22.6 Å². The molecule has 2 N–H and O–H groups in total. The van der Waals surface area contributed by atoms with Crippen LogP contribution in [0.4, 0.5) is 5.69 Å². The molecule has 10 heteroatoms. The molecule has 9 nitrogen and oxygen atoms in total. The van der Waals surface area contributed by atoms with Crippen LogP contribution in [0, 0.1) is 12.8 Å². The molecular formula is C22H31N3O6S. The smallest absolute Gasteiger partial charge is 0.265 e. The summed E-state index contributed by atoms with van der Waals surface area (Å²) in [5, 5.41) is 5.71. The lowest BCUT2D eigenvalue weighted by Gasteiger charge is -2.32. The number of carbonyl (C=O) groups is 2. The van der Waals surface area contributed by atoms with Gasteiger partial charge in [-0.2, -0.15) is 4.31 Å². The first kappa shape index (κ1) is 23.0. The monoisotopic (exact) mass is 465 g/mol. The van der Waals surface area contributed by atoms with E-state index in [-0.39, 0.29) is 29.4 Å². The van der Waals surface area contributed by atoms with E-state index < -0.39 is 22.0 Å². The molecule has 0 saturated carbocycles. The van der Waals surface area contributed by atoms with Crippen LogP contribution >= 0.6 is 0 Å². The van der Waals surface area contributed by atoms with Gasteiger partial charge in [0.15, 0.2) is 6.10 Å². The number of anilines is 1. The highest BCUT2D eigenvalue weighted by molar-refractivity contribution is 7.89. The molecule has 0 aliphatic carbocycles. The van der Waals surface area contributed by atoms with E-state index in [0.29, 0.717) is 49.4 Å². The normalized spacial score (nSPS) is 26.2. The Bertz CT molecular complexity index is 990. The number of benzene rings is 1. The molecule has 3 heterocycles. The van der Waals surface area contributed by atoms with Crippen molar-refractivity contribution in [2.45, 2.75) is 63.1 Å². The van der Waals surface area contributed by atoms with Crippen molar-refractivity contribution in [3.8, 4) is 5.75 Å². The van der Waals surface area contributed by atoms with Crippen LogP contribution in [0.5, 0.6) is 5.75 Å². The molecule has 1 aromatic carbocycles. The second-order valence-electron chi connectivity index (χ2n) is 8.70. The number of rotatable bonds is 6. The predicted molar refractivity (Wildman–Crippen MR) is 118 cm³/mol. The molecule has 0 radical (unpaired) electrons. The van der Waals surface area contributed by atoms with Crippen LogP contribution in [0.25, 0.3) is 0 Å². The fraction of sp³-hybridized carbons (Fsp3) is 0.636. The molecule has 2 fully saturated rings. The first-order valence-electron chi connectivity index (χ1n) is 11.3. The van der Waals surface area contributed by atoms with E-state index in [9.17, 15) is 18.0 Å². The Labute approximate surface area is 188 Å². The van der Waals surface area contributed by atoms with Gasteiger partial charge in [-0.1, -0.05) is 6.92 Å². The lowest BCUT2D eigenvalue weighted by Crippen LogP contribution is -2.46. The van der Waals surface area contributed by atoms with Crippen LogP contribution in [0.15, 0.2) is 17.0 Å². The van der Waals surface area contributed by atoms with Crippen molar-refractivity contribution >= 4 is 27.5 Å². The molecule has 3 atom stereocenters. The summed E-state index contributed by atoms with van der Waals surface area (Å²) in [7, 11) is -3.83. The number of hydrogen-bond donors (Lipinski definition) is 2. The lowest BCUT2D eigenvalue weighted by molar-refractivity contribution is -0.126. The molecule has 0 spiro atoms. The zero-order valence-corrected chi connectivity index (χ0v) is 19.4. The molecule has 176 valence electrons. The lowest BCUT2D eigenvalue weighted by atomic mass is 9.99. The molecule has 32 heavy (non-hydrogen) atoms. The standard InChI is InChI=1S/C22H31N3O6S/c1-3-18-22(27)24-17-10-14(2)20(11-19(17)31-18)32(28,29)25-8-4-6-15(13-25)21(26)23-12-16-7-5-9-30-16/h10-11,15-16,18H,3-9,12-13H2,1-2H3,(H,23,26)(H,24,27)/t15-,16+,18-/m0/s1. The maximum absolute atomic E-state index is 13.5. The van der Waals surface area contributed by atoms with Crippen molar-refractivity contribution in [2.24, 2.45) is 5.92 Å². The van der Waals surface area contributed by atoms with Gasteiger partial charge in [-0.3, -0.25) is 9.59 Å². The molecule has 0 bridgehead atoms. The molecule has 3 aliphatic rings. The Balaban J connectivity index is 1.49. The summed E-state index contributed by atoms with van der Waals surface area (Å²) in [6.07, 6.45) is 3.09. The predicted octanol–water partition coefficient (Wildman–Crippen LogP) is 1.80. The Morgan fingerprint density at radius 3 is 2.81 bits per heavy atom. The van der Waals surface area contributed by atoms with Gasteiger partial charge < -0.3 is 20.1 Å². The third kappa shape index (κ3) is 4.62. The summed E-state index contributed by atoms with van der Waals surface area (Å²) in [5.74, 6) is -0.399. The second-order valence-corrected chi connectivity index (χ2v) is 10.6. The van der Waals surface area contributed by atoms with Crippen LogP contribution in [0.2, 0.25) is 0 Å². The second kappa shape index (κ2) is 9.36. The topological polar surface area (TPSA) is 114 Å². The van der Waals surface area contributed by atoms with Crippen LogP contribution in [-0.4, -0.2) is 63.0 Å². The van der Waals surface area contributed by atoms with Crippen molar-refractivity contribution in [3.05, 3.63) is 17.7 Å². The van der Waals surface area contributed by atoms with Gasteiger partial charge in [0.1, 0.15) is 5.75 Å². The highest BCUT2D eigenvalue weighted by Crippen LogP contribution is 2.36. The number of piperidine rings is 1. The Morgan fingerprint density at radius 1 is 1.28 bits per heavy atom. The number of sulfonamides is 1. The van der Waals surface area contributed by atoms with Gasteiger partial charge in [-0.15, -0.1) is 0 Å². The zero-order valence-electron chi connectivity index (χ0n) is 18.6. The number of hydrogen-bond acceptors (Lipinski definition) is 6. The molecule has 4 rings (SSSR count). The first-order valence-corrected chi connectivity index (χ1v) is 12.7. The fourth-order valence-electron chi connectivity index (χ4n) is 4.51. The van der Waals surface area contributed by atoms with Gasteiger partial charge in [0.2, 0.25) is 15.9 Å². The van der Waals surface area contributed by atoms with Crippen molar-refractivity contribution in [2.75, 3.05) is 31.6 Å². The van der Waals surface area contributed by atoms with Crippen LogP contribution in [0.3, 0.4) is 0 Å². The summed E-state index contributed by atoms with van der Waals surface area (Å²) < 4.78 is 39.6. The van der Waals surface area contributed by atoms with E-state index in [1.807, 2.05) is 6.92 Å². The van der Waals surface area contributed by atoms with Crippen molar-refractivity contribution in [3.63, 3.8) is 0 Å². The van der Waals surface area contributed by atoms with E-state index in [2.05, 4.69) is 10.6 Å². The molecule has 2 saturated heterocycles. The number of amides is 2. The highest BCUT2D eigenvalue weighted by Gasteiger charge is 2.36. The molecule has 0 aromatic heterocycles. The summed E-state index contributed by atoms with van der Waals surface area (Å²) in [6, 6.07) is 3.12. The minimum Gasteiger partial charge on any atom is -0.478 e. The van der Waals surface area contributed by atoms with Gasteiger partial charge in [0, 0.05) is 32.3 Å². The molecule has 2 amide bonds. The molecule has 3 aliphatic heterocycles. The van der Waals surface area contributed by atoms with E-state index in [1.165, 1.54) is 10.4 Å². The van der Waals surface area contributed by atoms with Crippen molar-refractivity contribution in [1.29, 1.82) is 0 Å². The SMILES string of the molecule is CC[C@@H]1Oc2cc(S(=O)(=O)N3CCC[C@H](C(=O)NC[C@H]4CCCO4)C3)c(C)cc2NC1=O. The molecule has 0 unspecified atom stereocenters. The Kier molecular flexibility index (Phi) is 6.73. The quantitative estimate of drug-likeness (QED) is 0.662. The minimum absolute atomic E-state index is 0.0490. The van der Waals surface area contributed by atoms with Crippen LogP contribution in [0.1, 0.15) is 44.6 Å². The molecular weight excluding hydrogens is 434 g/mol. The summed E-state index contributed by atoms with van der Waals surface area (Å²) in [6.45, 7) is 5.23. The number of fused-ring (bicyclic) bond motifs is 1. The van der Waals surface area contributed by atoms with Crippen LogP contribution < -0.4 is 15.4 Å². The summed E-state index contributed by atoms with van der Waals surface area (Å²) >= 11 is 0. The third-order valence-electron chi connectivity index (χ3n) is 6.37. The van der Waals surface area contributed by atoms with Gasteiger partial charge >= 0.3 is 0 Å². The highest BCUT2D eigenvalue weighted by atomic mass is 32.2. The minimum atomic E-state index is -3.83. The number of nitrogens with zero attached hydrogens (tertiary/aromatic N) is 1. The Morgan fingerprint density at radius 2 is 2.09 bits per heavy atom. The van der Waals surface area contributed by atoms with Gasteiger partial charge in [-0.25, -0.2) is 8.42 Å². The Hall–Kier alpha value is -2.17. The maximum atomic E-state index is 13.5. The zero-order chi connectivity index (χ0) is 22.9. The fourth-order valence-corrected chi connectivity index (χ4v) is 6.25. The maximum Gasteiger partial charge on any atom is 0.265 e. The van der Waals surface area contributed by atoms with Crippen molar-refractivity contribution in [1.82, 2.24) is 9.62 Å². The summed E-state index contributed by atoms with van der Waals surface area (Å²) in [4.78, 5) is 24.9. The van der Waals surface area contributed by atoms with Gasteiger partial charge in [-0.05, 0) is 50.7 Å². The van der Waals surface area contributed by atoms with E-state index in [0.717, 1.165) is 19.4 Å². The number of aryl methyl sites for hydroxylation is 1. The van der Waals surface area contributed by atoms with Crippen LogP contribution in [-0.2, 0) is 24.3 Å². The van der Waals surface area contributed by atoms with Crippen molar-refractivity contribution < 1.29 is 27.5 Å². The number of carbonyl (C=O) groups excluding carboxylic acids is 2. The van der Waals surface area contributed by atoms with E-state index >= 15 is 0 Å². The number of ether oxygens (including phenoxy) is 2. The van der Waals surface area contributed by atoms with Gasteiger partial charge in [0.25, 0.3) is 5.91 Å². The van der Waals surface area contributed by atoms with E-state index in [1.54, 1.807) is 13.0 Å². The molecule has 1 aromatic rings. The average molecular weight is 466 g/mol. The largest absolute Gasteiger partial charge is 0.478 e. The summed E-state index contributed by atoms with van der Waals surface area (Å²) in [5.41, 5.74) is 0.994.